The van der Waals surface area contributed by atoms with Gasteiger partial charge >= 0.3 is 0 Å². The first-order valence-corrected chi connectivity index (χ1v) is 11.4. The smallest absolute Gasteiger partial charge is 0.266 e. The quantitative estimate of drug-likeness (QED) is 0.442. The number of fused-ring (bicyclic) bond motifs is 5. The zero-order valence-corrected chi connectivity index (χ0v) is 18.8. The van der Waals surface area contributed by atoms with E-state index in [2.05, 4.69) is 25.9 Å². The van der Waals surface area contributed by atoms with Gasteiger partial charge < -0.3 is 16.0 Å². The Hall–Kier alpha value is -3.40. The summed E-state index contributed by atoms with van der Waals surface area (Å²) in [4.78, 5) is 16.0. The predicted molar refractivity (Wildman–Crippen MR) is 126 cm³/mol. The lowest BCUT2D eigenvalue weighted by molar-refractivity contribution is 0.146. The maximum atomic E-state index is 14.5. The highest BCUT2D eigenvalue weighted by Gasteiger charge is 2.42. The van der Waals surface area contributed by atoms with Gasteiger partial charge in [0, 0.05) is 42.0 Å². The Morgan fingerprint density at radius 1 is 1.18 bits per heavy atom. The number of rotatable bonds is 5. The Labute approximate surface area is 194 Å². The molecule has 0 amide bonds. The molecule has 2 aliphatic heterocycles. The van der Waals surface area contributed by atoms with Gasteiger partial charge in [-0.05, 0) is 38.8 Å². The van der Waals surface area contributed by atoms with Gasteiger partial charge in [-0.2, -0.15) is 4.98 Å². The van der Waals surface area contributed by atoms with E-state index in [1.807, 2.05) is 22.9 Å². The highest BCUT2D eigenvalue weighted by atomic mass is 19.3. The van der Waals surface area contributed by atoms with Crippen LogP contribution in [0.1, 0.15) is 43.2 Å². The van der Waals surface area contributed by atoms with Crippen molar-refractivity contribution < 1.29 is 13.2 Å². The van der Waals surface area contributed by atoms with Gasteiger partial charge in [0.25, 0.3) is 6.43 Å². The average molecular weight is 470 g/mol. The van der Waals surface area contributed by atoms with Gasteiger partial charge in [-0.25, -0.2) is 23.1 Å². The lowest BCUT2D eigenvalue weighted by Gasteiger charge is -2.53. The second kappa shape index (κ2) is 9.09. The summed E-state index contributed by atoms with van der Waals surface area (Å²) >= 11 is 0. The van der Waals surface area contributed by atoms with Crippen LogP contribution < -0.4 is 16.0 Å². The van der Waals surface area contributed by atoms with E-state index in [1.54, 1.807) is 6.20 Å². The van der Waals surface area contributed by atoms with Crippen molar-refractivity contribution in [3.63, 3.8) is 0 Å². The van der Waals surface area contributed by atoms with E-state index in [0.717, 1.165) is 22.8 Å². The van der Waals surface area contributed by atoms with Gasteiger partial charge in [-0.1, -0.05) is 18.2 Å². The molecule has 0 unspecified atom stereocenters. The van der Waals surface area contributed by atoms with Crippen molar-refractivity contribution in [2.75, 3.05) is 17.3 Å². The van der Waals surface area contributed by atoms with Crippen LogP contribution in [0.5, 0.6) is 0 Å². The van der Waals surface area contributed by atoms with Crippen molar-refractivity contribution in [3.8, 4) is 0 Å². The third kappa shape index (κ3) is 3.71. The number of hydrogen-bond acceptors (Lipinski definition) is 6. The van der Waals surface area contributed by atoms with Crippen molar-refractivity contribution in [2.24, 2.45) is 5.73 Å². The Morgan fingerprint density at radius 2 is 1.97 bits per heavy atom. The molecule has 0 radical (unpaired) electrons. The lowest BCUT2D eigenvalue weighted by atomic mass is 9.80. The molecule has 7 nitrogen and oxygen atoms in total. The fourth-order valence-corrected chi connectivity index (χ4v) is 5.08. The van der Waals surface area contributed by atoms with Crippen LogP contribution in [-0.4, -0.2) is 38.5 Å². The molecule has 2 bridgehead atoms. The van der Waals surface area contributed by atoms with Crippen molar-refractivity contribution in [2.45, 2.75) is 50.7 Å². The Bertz CT molecular complexity index is 1310. The third-order valence-electron chi connectivity index (χ3n) is 6.68. The summed E-state index contributed by atoms with van der Waals surface area (Å²) in [5.41, 5.74) is 4.89. The molecule has 6 rings (SSSR count). The van der Waals surface area contributed by atoms with Crippen LogP contribution in [0.25, 0.3) is 16.7 Å². The second-order valence-corrected chi connectivity index (χ2v) is 8.47. The molecule has 5 heterocycles. The maximum Gasteiger partial charge on any atom is 0.266 e. The minimum atomic E-state index is -2.86. The number of nitrogens with two attached hydrogens (primary N) is 1. The van der Waals surface area contributed by atoms with Crippen LogP contribution in [0.15, 0.2) is 42.9 Å². The first-order chi connectivity index (χ1) is 16.6. The third-order valence-corrected chi connectivity index (χ3v) is 6.68. The van der Waals surface area contributed by atoms with Crippen LogP contribution >= 0.6 is 0 Å². The highest BCUT2D eigenvalue weighted by molar-refractivity contribution is 5.92. The Balaban J connectivity index is 0.00000117. The van der Waals surface area contributed by atoms with E-state index in [9.17, 15) is 13.2 Å². The lowest BCUT2D eigenvalue weighted by Crippen LogP contribution is -2.59. The molecule has 0 spiro atoms. The largest absolute Gasteiger partial charge is 0.365 e. The molecule has 3 aromatic heterocycles. The van der Waals surface area contributed by atoms with E-state index in [-0.39, 0.29) is 12.1 Å². The minimum Gasteiger partial charge on any atom is -0.365 e. The summed E-state index contributed by atoms with van der Waals surface area (Å²) in [5, 5.41) is 3.98. The monoisotopic (exact) mass is 469 g/mol. The number of imidazole rings is 1. The summed E-state index contributed by atoms with van der Waals surface area (Å²) in [6.07, 6.45) is 7.26. The summed E-state index contributed by atoms with van der Waals surface area (Å²) in [5.74, 6) is 1.03. The topological polar surface area (TPSA) is 84.4 Å². The molecule has 2 fully saturated rings. The number of pyridine rings is 1. The number of alkyl halides is 2. The Morgan fingerprint density at radius 3 is 2.71 bits per heavy atom. The Kier molecular flexibility index (Phi) is 5.99. The van der Waals surface area contributed by atoms with Gasteiger partial charge in [0.05, 0.1) is 17.3 Å². The summed E-state index contributed by atoms with van der Waals surface area (Å²) < 4.78 is 42.5. The summed E-state index contributed by atoms with van der Waals surface area (Å²) in [7, 11) is 1.50. The van der Waals surface area contributed by atoms with Gasteiger partial charge in [-0.15, -0.1) is 0 Å². The molecule has 1 aromatic carbocycles. The molecule has 2 aliphatic rings. The first-order valence-electron chi connectivity index (χ1n) is 11.4. The fraction of sp³-hybridized carbons (Fsp3) is 0.375. The van der Waals surface area contributed by atoms with E-state index in [4.69, 9.17) is 4.98 Å². The molecule has 178 valence electrons. The molecule has 4 aromatic rings. The van der Waals surface area contributed by atoms with Crippen LogP contribution in [-0.2, 0) is 6.54 Å². The number of halogens is 3. The van der Waals surface area contributed by atoms with Gasteiger partial charge in [0.15, 0.2) is 0 Å². The van der Waals surface area contributed by atoms with E-state index in [0.29, 0.717) is 23.7 Å². The van der Waals surface area contributed by atoms with E-state index in [1.165, 1.54) is 44.9 Å². The molecular weight excluding hydrogens is 443 g/mol. The number of nitrogens with zero attached hydrogens (tertiary/aromatic N) is 5. The minimum absolute atomic E-state index is 0.0258. The second-order valence-electron chi connectivity index (χ2n) is 8.47. The zero-order chi connectivity index (χ0) is 23.8. The molecule has 2 saturated heterocycles. The number of anilines is 2. The molecule has 3 N–H and O–H groups in total. The van der Waals surface area contributed by atoms with Crippen molar-refractivity contribution >= 4 is 28.3 Å². The van der Waals surface area contributed by atoms with Crippen molar-refractivity contribution in [1.82, 2.24) is 19.4 Å². The summed E-state index contributed by atoms with van der Waals surface area (Å²) in [6.45, 7) is 0.0258. The van der Waals surface area contributed by atoms with Crippen LogP contribution in [0, 0.1) is 5.82 Å². The van der Waals surface area contributed by atoms with Crippen molar-refractivity contribution in [1.29, 1.82) is 0 Å². The SMILES string of the molecule is CN.Fc1c(CNc2nc3nccn3c3cnc(N4[C@@H]5CCC[C@H]4C5)cc23)cccc1C(F)F. The molecule has 34 heavy (non-hydrogen) atoms. The standard InChI is InChI=1S/C23H21F3N6.CH5N/c24-20-13(3-1-6-16(20)21(25)26)11-29-22-17-10-19(32-14-4-2-5-15(32)9-14)28-12-18(17)31-8-7-27-23(31)30-22;1-2/h1,3,6-8,10,12,14-15,21H,2,4-5,9,11H2,(H,27,29,30);2H2,1H3/t14-,15+;. The van der Waals surface area contributed by atoms with Gasteiger partial charge in [-0.3, -0.25) is 4.40 Å². The van der Waals surface area contributed by atoms with E-state index >= 15 is 0 Å². The number of aromatic nitrogens is 4. The average Bonchev–Trinajstić information content (AvgIpc) is 3.33. The van der Waals surface area contributed by atoms with Crippen LogP contribution in [0.2, 0.25) is 0 Å². The normalized spacial score (nSPS) is 19.2. The molecule has 0 saturated carbocycles. The number of hydrogen-bond donors (Lipinski definition) is 2. The highest BCUT2D eigenvalue weighted by Crippen LogP contribution is 2.41. The molecule has 2 atom stereocenters. The maximum absolute atomic E-state index is 14.5. The fourth-order valence-electron chi connectivity index (χ4n) is 5.08. The number of benzene rings is 1. The number of piperidine rings is 1. The van der Waals surface area contributed by atoms with Crippen LogP contribution in [0.4, 0.5) is 24.8 Å². The molecule has 10 heteroatoms. The number of nitrogens with one attached hydrogen (secondary N) is 1. The van der Waals surface area contributed by atoms with Crippen molar-refractivity contribution in [3.05, 3.63) is 59.8 Å². The molecule has 0 aliphatic carbocycles. The van der Waals surface area contributed by atoms with Gasteiger partial charge in [0.1, 0.15) is 17.5 Å². The zero-order valence-electron chi connectivity index (χ0n) is 18.8. The first kappa shape index (κ1) is 22.4. The summed E-state index contributed by atoms with van der Waals surface area (Å²) in [6, 6.07) is 7.13. The van der Waals surface area contributed by atoms with Crippen LogP contribution in [0.3, 0.4) is 0 Å². The van der Waals surface area contributed by atoms with Gasteiger partial charge in [0.2, 0.25) is 5.78 Å². The predicted octanol–water partition coefficient (Wildman–Crippen LogP) is 4.67. The van der Waals surface area contributed by atoms with E-state index < -0.39 is 17.8 Å². The molecular formula is C24H26F3N7.